The van der Waals surface area contributed by atoms with Gasteiger partial charge in [0.15, 0.2) is 0 Å². The summed E-state index contributed by atoms with van der Waals surface area (Å²) in [6, 6.07) is -0.100. The van der Waals surface area contributed by atoms with Crippen LogP contribution in [-0.2, 0) is 9.53 Å². The summed E-state index contributed by atoms with van der Waals surface area (Å²) >= 11 is 0. The van der Waals surface area contributed by atoms with Crippen molar-refractivity contribution in [2.45, 2.75) is 31.7 Å². The number of hydrogen-bond acceptors (Lipinski definition) is 3. The molecule has 0 aliphatic carbocycles. The summed E-state index contributed by atoms with van der Waals surface area (Å²) in [7, 11) is 0. The zero-order valence-corrected chi connectivity index (χ0v) is 9.21. The second-order valence-corrected chi connectivity index (χ2v) is 4.32. The highest BCUT2D eigenvalue weighted by Crippen LogP contribution is 2.11. The molecular formula is C11H20N2O2. The third-order valence-corrected chi connectivity index (χ3v) is 3.14. The topological polar surface area (TPSA) is 41.6 Å². The highest BCUT2D eigenvalue weighted by molar-refractivity contribution is 5.82. The molecule has 0 radical (unpaired) electrons. The van der Waals surface area contributed by atoms with E-state index in [2.05, 4.69) is 5.32 Å². The molecule has 86 valence electrons. The fourth-order valence-electron chi connectivity index (χ4n) is 2.24. The molecular weight excluding hydrogens is 192 g/mol. The molecule has 0 bridgehead atoms. The van der Waals surface area contributed by atoms with Gasteiger partial charge in [0.2, 0.25) is 5.91 Å². The number of morpholine rings is 1. The van der Waals surface area contributed by atoms with E-state index in [1.165, 1.54) is 12.8 Å². The molecule has 0 spiro atoms. The minimum absolute atomic E-state index is 0.100. The van der Waals surface area contributed by atoms with Crippen LogP contribution in [0.1, 0.15) is 25.7 Å². The van der Waals surface area contributed by atoms with Crippen molar-refractivity contribution in [3.05, 3.63) is 0 Å². The van der Waals surface area contributed by atoms with Gasteiger partial charge in [-0.2, -0.15) is 0 Å². The molecule has 4 heteroatoms. The Bertz CT molecular complexity index is 207. The van der Waals surface area contributed by atoms with Crippen molar-refractivity contribution in [3.63, 3.8) is 0 Å². The Labute approximate surface area is 91.0 Å². The van der Waals surface area contributed by atoms with Gasteiger partial charge in [-0.3, -0.25) is 4.79 Å². The molecule has 1 atom stereocenters. The summed E-state index contributed by atoms with van der Waals surface area (Å²) in [6.07, 6.45) is 4.83. The van der Waals surface area contributed by atoms with Crippen LogP contribution in [0.3, 0.4) is 0 Å². The second kappa shape index (κ2) is 5.47. The predicted molar refractivity (Wildman–Crippen MR) is 57.7 cm³/mol. The number of carbonyl (C=O) groups is 1. The zero-order chi connectivity index (χ0) is 10.5. The van der Waals surface area contributed by atoms with Gasteiger partial charge in [-0.05, 0) is 12.8 Å². The van der Waals surface area contributed by atoms with E-state index in [-0.39, 0.29) is 11.9 Å². The average Bonchev–Trinajstić information content (AvgIpc) is 2.58. The van der Waals surface area contributed by atoms with Crippen LogP contribution in [-0.4, -0.2) is 49.7 Å². The van der Waals surface area contributed by atoms with Crippen LogP contribution < -0.4 is 5.32 Å². The Morgan fingerprint density at radius 3 is 2.53 bits per heavy atom. The maximum Gasteiger partial charge on any atom is 0.242 e. The molecule has 2 aliphatic heterocycles. The van der Waals surface area contributed by atoms with Crippen LogP contribution in [0.2, 0.25) is 0 Å². The van der Waals surface area contributed by atoms with Gasteiger partial charge in [-0.15, -0.1) is 0 Å². The molecule has 2 aliphatic rings. The molecule has 0 saturated carbocycles. The lowest BCUT2D eigenvalue weighted by atomic mass is 10.2. The number of rotatable bonds is 1. The van der Waals surface area contributed by atoms with E-state index < -0.39 is 0 Å². The van der Waals surface area contributed by atoms with Crippen molar-refractivity contribution in [1.82, 2.24) is 10.2 Å². The predicted octanol–water partition coefficient (Wildman–Crippen LogP) is 0.377. The number of nitrogens with one attached hydrogen (secondary N) is 1. The summed E-state index contributed by atoms with van der Waals surface area (Å²) in [5, 5.41) is 3.22. The first-order valence-corrected chi connectivity index (χ1v) is 5.98. The van der Waals surface area contributed by atoms with Crippen molar-refractivity contribution in [2.24, 2.45) is 0 Å². The molecule has 2 heterocycles. The number of amides is 1. The number of hydrogen-bond donors (Lipinski definition) is 1. The Hall–Kier alpha value is -0.610. The zero-order valence-electron chi connectivity index (χ0n) is 9.21. The van der Waals surface area contributed by atoms with E-state index in [1.54, 1.807) is 0 Å². The van der Waals surface area contributed by atoms with Gasteiger partial charge in [0.1, 0.15) is 6.04 Å². The lowest BCUT2D eigenvalue weighted by Gasteiger charge is -2.29. The lowest BCUT2D eigenvalue weighted by molar-refractivity contribution is -0.136. The monoisotopic (exact) mass is 212 g/mol. The largest absolute Gasteiger partial charge is 0.378 e. The van der Waals surface area contributed by atoms with Crippen LogP contribution >= 0.6 is 0 Å². The maximum absolute atomic E-state index is 12.1. The summed E-state index contributed by atoms with van der Waals surface area (Å²) in [5.41, 5.74) is 0. The van der Waals surface area contributed by atoms with Crippen molar-refractivity contribution >= 4 is 5.91 Å². The number of likely N-dealkylation sites (tertiary alicyclic amines) is 1. The fraction of sp³-hybridized carbons (Fsp3) is 0.909. The molecule has 1 N–H and O–H groups in total. The Morgan fingerprint density at radius 2 is 1.93 bits per heavy atom. The van der Waals surface area contributed by atoms with E-state index in [0.29, 0.717) is 6.61 Å². The molecule has 0 aromatic heterocycles. The molecule has 2 rings (SSSR count). The van der Waals surface area contributed by atoms with E-state index in [4.69, 9.17) is 4.74 Å². The van der Waals surface area contributed by atoms with E-state index in [9.17, 15) is 4.79 Å². The molecule has 1 amide bonds. The SMILES string of the molecule is O=C([C@H]1COCCN1)N1CCCCCC1. The first-order valence-electron chi connectivity index (χ1n) is 5.98. The lowest BCUT2D eigenvalue weighted by Crippen LogP contribution is -2.52. The molecule has 4 nitrogen and oxygen atoms in total. The van der Waals surface area contributed by atoms with Crippen LogP contribution in [0, 0.1) is 0 Å². The minimum Gasteiger partial charge on any atom is -0.378 e. The number of nitrogens with zero attached hydrogens (tertiary/aromatic N) is 1. The quantitative estimate of drug-likeness (QED) is 0.683. The average molecular weight is 212 g/mol. The summed E-state index contributed by atoms with van der Waals surface area (Å²) in [4.78, 5) is 14.1. The molecule has 15 heavy (non-hydrogen) atoms. The molecule has 0 aromatic carbocycles. The molecule has 2 fully saturated rings. The van der Waals surface area contributed by atoms with Crippen LogP contribution in [0.15, 0.2) is 0 Å². The van der Waals surface area contributed by atoms with Crippen LogP contribution in [0.25, 0.3) is 0 Å². The fourth-order valence-corrected chi connectivity index (χ4v) is 2.24. The van der Waals surface area contributed by atoms with Gasteiger partial charge >= 0.3 is 0 Å². The van der Waals surface area contributed by atoms with Crippen molar-refractivity contribution in [3.8, 4) is 0 Å². The van der Waals surface area contributed by atoms with Gasteiger partial charge < -0.3 is 15.0 Å². The molecule has 0 unspecified atom stereocenters. The number of carbonyl (C=O) groups excluding carboxylic acids is 1. The highest BCUT2D eigenvalue weighted by atomic mass is 16.5. The third kappa shape index (κ3) is 2.92. The second-order valence-electron chi connectivity index (χ2n) is 4.32. The van der Waals surface area contributed by atoms with E-state index >= 15 is 0 Å². The molecule has 0 aromatic rings. The maximum atomic E-state index is 12.1. The first-order chi connectivity index (χ1) is 7.38. The van der Waals surface area contributed by atoms with Crippen molar-refractivity contribution in [1.29, 1.82) is 0 Å². The van der Waals surface area contributed by atoms with E-state index in [0.717, 1.165) is 39.1 Å². The summed E-state index contributed by atoms with van der Waals surface area (Å²) < 4.78 is 5.32. The van der Waals surface area contributed by atoms with Gasteiger partial charge in [-0.1, -0.05) is 12.8 Å². The normalized spacial score (nSPS) is 28.5. The van der Waals surface area contributed by atoms with Gasteiger partial charge in [0, 0.05) is 19.6 Å². The van der Waals surface area contributed by atoms with Crippen molar-refractivity contribution in [2.75, 3.05) is 32.8 Å². The Kier molecular flexibility index (Phi) is 3.97. The highest BCUT2D eigenvalue weighted by Gasteiger charge is 2.26. The van der Waals surface area contributed by atoms with Gasteiger partial charge in [-0.25, -0.2) is 0 Å². The van der Waals surface area contributed by atoms with E-state index in [1.807, 2.05) is 4.90 Å². The van der Waals surface area contributed by atoms with Crippen LogP contribution in [0.4, 0.5) is 0 Å². The minimum atomic E-state index is -0.100. The van der Waals surface area contributed by atoms with Gasteiger partial charge in [0.05, 0.1) is 13.2 Å². The smallest absolute Gasteiger partial charge is 0.242 e. The van der Waals surface area contributed by atoms with Crippen molar-refractivity contribution < 1.29 is 9.53 Å². The van der Waals surface area contributed by atoms with Gasteiger partial charge in [0.25, 0.3) is 0 Å². The number of ether oxygens (including phenoxy) is 1. The summed E-state index contributed by atoms with van der Waals surface area (Å²) in [6.45, 7) is 3.91. The first kappa shape index (κ1) is 10.9. The van der Waals surface area contributed by atoms with Crippen LogP contribution in [0.5, 0.6) is 0 Å². The third-order valence-electron chi connectivity index (χ3n) is 3.14. The Balaban J connectivity index is 1.87. The summed E-state index contributed by atoms with van der Waals surface area (Å²) in [5.74, 6) is 0.233. The Morgan fingerprint density at radius 1 is 1.20 bits per heavy atom. The molecule has 2 saturated heterocycles. The standard InChI is InChI=1S/C11H20N2O2/c14-11(10-9-15-8-5-12-10)13-6-3-1-2-4-7-13/h10,12H,1-9H2/t10-/m1/s1.